The number of ether oxygens (including phenoxy) is 2. The third-order valence-corrected chi connectivity index (χ3v) is 7.01. The van der Waals surface area contributed by atoms with Gasteiger partial charge in [0.05, 0.1) is 25.9 Å². The van der Waals surface area contributed by atoms with E-state index in [0.29, 0.717) is 32.4 Å². The summed E-state index contributed by atoms with van der Waals surface area (Å²) >= 11 is 0. The van der Waals surface area contributed by atoms with E-state index in [1.165, 1.54) is 36.1 Å². The van der Waals surface area contributed by atoms with E-state index in [9.17, 15) is 4.79 Å². The minimum Gasteiger partial charge on any atom is -0.376 e. The number of nitrogens with one attached hydrogen (secondary N) is 1. The predicted octanol–water partition coefficient (Wildman–Crippen LogP) is 2.19. The van der Waals surface area contributed by atoms with Crippen LogP contribution in [0.3, 0.4) is 0 Å². The van der Waals surface area contributed by atoms with Gasteiger partial charge in [0.25, 0.3) is 5.91 Å². The smallest absolute Gasteiger partial charge is 0.251 e. The fourth-order valence-corrected chi connectivity index (χ4v) is 4.94. The summed E-state index contributed by atoms with van der Waals surface area (Å²) in [7, 11) is 0. The van der Waals surface area contributed by atoms with Crippen LogP contribution in [-0.4, -0.2) is 55.9 Å². The summed E-state index contributed by atoms with van der Waals surface area (Å²) in [6.07, 6.45) is 9.94. The van der Waals surface area contributed by atoms with E-state index in [0.717, 1.165) is 29.5 Å². The van der Waals surface area contributed by atoms with E-state index >= 15 is 0 Å². The quantitative estimate of drug-likeness (QED) is 0.806. The molecule has 1 aromatic rings. The summed E-state index contributed by atoms with van der Waals surface area (Å²) in [5.41, 5.74) is 1.80. The maximum atomic E-state index is 12.8. The van der Waals surface area contributed by atoms with Crippen molar-refractivity contribution in [1.82, 2.24) is 10.2 Å². The Morgan fingerprint density at radius 3 is 2.70 bits per heavy atom. The van der Waals surface area contributed by atoms with E-state index in [-0.39, 0.29) is 12.0 Å². The third kappa shape index (κ3) is 4.89. The van der Waals surface area contributed by atoms with Crippen molar-refractivity contribution in [3.05, 3.63) is 33.7 Å². The van der Waals surface area contributed by atoms with Crippen molar-refractivity contribution in [2.24, 2.45) is 11.8 Å². The number of rotatable bonds is 5. The number of carbonyl (C=O) groups is 1. The molecule has 0 spiro atoms. The molecule has 2 atom stereocenters. The third-order valence-electron chi connectivity index (χ3n) is 7.01. The average molecular weight is 413 g/mol. The van der Waals surface area contributed by atoms with Gasteiger partial charge in [0.2, 0.25) is 0 Å². The zero-order chi connectivity index (χ0) is 21.1. The summed E-state index contributed by atoms with van der Waals surface area (Å²) in [5, 5.41) is 5.44. The second-order valence-electron chi connectivity index (χ2n) is 9.38. The number of amides is 1. The van der Waals surface area contributed by atoms with Gasteiger partial charge in [-0.1, -0.05) is 31.9 Å². The summed E-state index contributed by atoms with van der Waals surface area (Å²) in [6, 6.07) is 4.43. The molecule has 164 valence electrons. The van der Waals surface area contributed by atoms with Crippen LogP contribution in [0.1, 0.15) is 55.5 Å². The maximum absolute atomic E-state index is 12.8. The summed E-state index contributed by atoms with van der Waals surface area (Å²) in [4.78, 5) is 15.3. The van der Waals surface area contributed by atoms with Crippen LogP contribution in [0.5, 0.6) is 0 Å². The molecule has 4 rings (SSSR count). The standard InChI is InChI=1S/C25H36N2O3/c1-17-4-6-20(7-5-17)14-27-15-24-19(3)23(9-8-21(24)12-18(27)2)25(28)26-13-22-16-29-10-11-30-22/h8-9,12,15,17-18,20,22H,4-7,10-11,13-14,16H2,1-3H3,(H,26,28). The molecule has 0 aromatic heterocycles. The van der Waals surface area contributed by atoms with E-state index < -0.39 is 0 Å². The van der Waals surface area contributed by atoms with Crippen molar-refractivity contribution in [2.75, 3.05) is 32.9 Å². The number of benzene rings is 1. The molecule has 3 aliphatic rings. The van der Waals surface area contributed by atoms with Gasteiger partial charge in [-0.2, -0.15) is 0 Å². The molecule has 5 nitrogen and oxygen atoms in total. The fourth-order valence-electron chi connectivity index (χ4n) is 4.94. The highest BCUT2D eigenvalue weighted by Gasteiger charge is 2.23. The molecular formula is C25H36N2O3. The van der Waals surface area contributed by atoms with E-state index in [2.05, 4.69) is 49.3 Å². The lowest BCUT2D eigenvalue weighted by Crippen LogP contribution is -2.44. The molecule has 1 aromatic carbocycles. The van der Waals surface area contributed by atoms with Gasteiger partial charge in [0.15, 0.2) is 0 Å². The monoisotopic (exact) mass is 412 g/mol. The highest BCUT2D eigenvalue weighted by molar-refractivity contribution is 5.95. The topological polar surface area (TPSA) is 50.8 Å². The molecule has 1 N–H and O–H groups in total. The van der Waals surface area contributed by atoms with Crippen LogP contribution < -0.4 is 15.8 Å². The zero-order valence-electron chi connectivity index (χ0n) is 18.7. The van der Waals surface area contributed by atoms with E-state index in [1.807, 2.05) is 6.07 Å². The second-order valence-corrected chi connectivity index (χ2v) is 9.38. The molecule has 0 radical (unpaired) electrons. The Labute approximate surface area is 180 Å². The maximum Gasteiger partial charge on any atom is 0.251 e. The average Bonchev–Trinajstić information content (AvgIpc) is 2.75. The number of hydrogen-bond donors (Lipinski definition) is 1. The molecule has 0 bridgehead atoms. The van der Waals surface area contributed by atoms with Gasteiger partial charge in [0, 0.05) is 36.1 Å². The van der Waals surface area contributed by atoms with Gasteiger partial charge in [-0.3, -0.25) is 4.79 Å². The van der Waals surface area contributed by atoms with Crippen molar-refractivity contribution >= 4 is 18.2 Å². The lowest BCUT2D eigenvalue weighted by Gasteiger charge is -2.35. The highest BCUT2D eigenvalue weighted by atomic mass is 16.6. The van der Waals surface area contributed by atoms with Crippen molar-refractivity contribution < 1.29 is 14.3 Å². The van der Waals surface area contributed by atoms with Crippen LogP contribution in [0.15, 0.2) is 12.1 Å². The van der Waals surface area contributed by atoms with Crippen molar-refractivity contribution in [3.8, 4) is 0 Å². The van der Waals surface area contributed by atoms with Gasteiger partial charge < -0.3 is 19.7 Å². The number of nitrogens with zero attached hydrogens (tertiary/aromatic N) is 1. The molecule has 5 heteroatoms. The molecule has 30 heavy (non-hydrogen) atoms. The molecule has 1 aliphatic carbocycles. The largest absolute Gasteiger partial charge is 0.376 e. The number of fused-ring (bicyclic) bond motifs is 1. The van der Waals surface area contributed by atoms with Crippen molar-refractivity contribution in [2.45, 2.75) is 58.6 Å². The molecule has 2 fully saturated rings. The van der Waals surface area contributed by atoms with Gasteiger partial charge in [-0.25, -0.2) is 0 Å². The summed E-state index contributed by atoms with van der Waals surface area (Å²) in [6.45, 7) is 10.1. The molecular weight excluding hydrogens is 376 g/mol. The van der Waals surface area contributed by atoms with Crippen LogP contribution in [0.25, 0.3) is 12.3 Å². The minimum atomic E-state index is -0.0601. The van der Waals surface area contributed by atoms with E-state index in [4.69, 9.17) is 9.47 Å². The molecule has 2 heterocycles. The Morgan fingerprint density at radius 1 is 1.17 bits per heavy atom. The Kier molecular flexibility index (Phi) is 6.79. The molecule has 2 unspecified atom stereocenters. The molecule has 1 saturated heterocycles. The Hall–Kier alpha value is -1.85. The van der Waals surface area contributed by atoms with Crippen molar-refractivity contribution in [3.63, 3.8) is 0 Å². The Morgan fingerprint density at radius 2 is 1.97 bits per heavy atom. The van der Waals surface area contributed by atoms with Crippen LogP contribution in [0.2, 0.25) is 0 Å². The second kappa shape index (κ2) is 9.52. The highest BCUT2D eigenvalue weighted by Crippen LogP contribution is 2.29. The number of carbonyl (C=O) groups excluding carboxylic acids is 1. The predicted molar refractivity (Wildman–Crippen MR) is 120 cm³/mol. The molecule has 1 amide bonds. The van der Waals surface area contributed by atoms with Gasteiger partial charge in [0.1, 0.15) is 0 Å². The van der Waals surface area contributed by atoms with Gasteiger partial charge in [-0.15, -0.1) is 0 Å². The van der Waals surface area contributed by atoms with E-state index in [1.54, 1.807) is 0 Å². The zero-order valence-corrected chi connectivity index (χ0v) is 18.7. The van der Waals surface area contributed by atoms with Gasteiger partial charge >= 0.3 is 0 Å². The number of hydrogen-bond acceptors (Lipinski definition) is 4. The van der Waals surface area contributed by atoms with Crippen LogP contribution in [0.4, 0.5) is 0 Å². The SMILES string of the molecule is Cc1c(C(=O)NCC2COCCO2)ccc2c1=CN(CC1CCC(C)CC1)C(C)C=2. The summed E-state index contributed by atoms with van der Waals surface area (Å²) in [5.74, 6) is 1.62. The van der Waals surface area contributed by atoms with Crippen molar-refractivity contribution in [1.29, 1.82) is 0 Å². The molecule has 1 saturated carbocycles. The van der Waals surface area contributed by atoms with Gasteiger partial charge in [-0.05, 0) is 55.4 Å². The Balaban J connectivity index is 1.48. The first-order valence-electron chi connectivity index (χ1n) is 11.6. The lowest BCUT2D eigenvalue weighted by atomic mass is 9.82. The van der Waals surface area contributed by atoms with Crippen LogP contribution in [-0.2, 0) is 9.47 Å². The lowest BCUT2D eigenvalue weighted by molar-refractivity contribution is -0.0855. The first-order valence-corrected chi connectivity index (χ1v) is 11.6. The summed E-state index contributed by atoms with van der Waals surface area (Å²) < 4.78 is 11.0. The first-order chi connectivity index (χ1) is 14.5. The molecule has 2 aliphatic heterocycles. The minimum absolute atomic E-state index is 0.0377. The Bertz CT molecular complexity index is 867. The fraction of sp³-hybridized carbons (Fsp3) is 0.640. The first kappa shape index (κ1) is 21.4. The van der Waals surface area contributed by atoms with Crippen LogP contribution in [0, 0.1) is 18.8 Å². The normalized spacial score (nSPS) is 28.8. The van der Waals surface area contributed by atoms with Crippen LogP contribution >= 0.6 is 0 Å².